The van der Waals surface area contributed by atoms with Crippen molar-refractivity contribution in [2.24, 2.45) is 0 Å². The maximum atomic E-state index is 12.9. The third-order valence-electron chi connectivity index (χ3n) is 6.68. The number of fused-ring (bicyclic) bond motifs is 3. The molecule has 2 saturated heterocycles. The number of hydrogen-bond acceptors (Lipinski definition) is 6. The zero-order valence-electron chi connectivity index (χ0n) is 16.2. The topological polar surface area (TPSA) is 57.7 Å². The number of aromatic nitrogens is 1. The molecule has 3 unspecified atom stereocenters. The third kappa shape index (κ3) is 3.38. The van der Waals surface area contributed by atoms with E-state index in [2.05, 4.69) is 10.2 Å². The standard InChI is InChI=1S/C20H30N4O2S/c1-13(26-16-4-2-3-5-16)19(25)23-9-8-17-18(12-23)27-20(22-17)24-14-6-7-15(24)11-21-10-14/h13-16,21H,2-12H2,1H3. The molecular formula is C20H30N4O2S. The number of rotatable bonds is 4. The van der Waals surface area contributed by atoms with Crippen LogP contribution in [0.5, 0.6) is 0 Å². The Kier molecular flexibility index (Phi) is 4.86. The fourth-order valence-electron chi connectivity index (χ4n) is 5.20. The molecule has 0 spiro atoms. The Morgan fingerprint density at radius 3 is 2.70 bits per heavy atom. The minimum Gasteiger partial charge on any atom is -0.365 e. The quantitative estimate of drug-likeness (QED) is 0.855. The summed E-state index contributed by atoms with van der Waals surface area (Å²) in [5.74, 6) is 0.143. The van der Waals surface area contributed by atoms with Crippen LogP contribution >= 0.6 is 11.3 Å². The molecule has 2 bridgehead atoms. The monoisotopic (exact) mass is 390 g/mol. The summed E-state index contributed by atoms with van der Waals surface area (Å²) in [5, 5.41) is 4.72. The fraction of sp³-hybridized carbons (Fsp3) is 0.800. The summed E-state index contributed by atoms with van der Waals surface area (Å²) >= 11 is 1.81. The average molecular weight is 391 g/mol. The lowest BCUT2D eigenvalue weighted by atomic mass is 10.1. The zero-order chi connectivity index (χ0) is 18.4. The summed E-state index contributed by atoms with van der Waals surface area (Å²) < 4.78 is 6.03. The van der Waals surface area contributed by atoms with Crippen LogP contribution in [0.2, 0.25) is 0 Å². The Morgan fingerprint density at radius 2 is 1.96 bits per heavy atom. The smallest absolute Gasteiger partial charge is 0.251 e. The molecule has 1 aromatic rings. The molecule has 0 aromatic carbocycles. The second kappa shape index (κ2) is 7.33. The zero-order valence-corrected chi connectivity index (χ0v) is 17.0. The first-order valence-corrected chi connectivity index (χ1v) is 11.4. The van der Waals surface area contributed by atoms with Gasteiger partial charge in [-0.3, -0.25) is 4.79 Å². The van der Waals surface area contributed by atoms with Crippen LogP contribution in [-0.2, 0) is 22.5 Å². The van der Waals surface area contributed by atoms with Crippen LogP contribution in [-0.4, -0.2) is 59.7 Å². The molecule has 6 nitrogen and oxygen atoms in total. The van der Waals surface area contributed by atoms with Gasteiger partial charge in [-0.05, 0) is 32.6 Å². The predicted molar refractivity (Wildman–Crippen MR) is 106 cm³/mol. The second-order valence-corrected chi connectivity index (χ2v) is 9.57. The summed E-state index contributed by atoms with van der Waals surface area (Å²) in [5.41, 5.74) is 1.21. The van der Waals surface area contributed by atoms with Crippen LogP contribution in [0.3, 0.4) is 0 Å². The summed E-state index contributed by atoms with van der Waals surface area (Å²) in [6.45, 7) is 5.53. The molecule has 1 aromatic heterocycles. The van der Waals surface area contributed by atoms with E-state index >= 15 is 0 Å². The van der Waals surface area contributed by atoms with Gasteiger partial charge in [0.05, 0.1) is 18.3 Å². The molecule has 4 heterocycles. The molecule has 3 atom stereocenters. The number of anilines is 1. The predicted octanol–water partition coefficient (Wildman–Crippen LogP) is 2.32. The van der Waals surface area contributed by atoms with Gasteiger partial charge < -0.3 is 19.9 Å². The number of ether oxygens (including phenoxy) is 1. The van der Waals surface area contributed by atoms with E-state index in [1.165, 1.54) is 41.4 Å². The molecule has 1 saturated carbocycles. The number of hydrogen-bond donors (Lipinski definition) is 1. The molecular weight excluding hydrogens is 360 g/mol. The Hall–Kier alpha value is -1.18. The SMILES string of the molecule is CC(OC1CCCC1)C(=O)N1CCc2nc(N3C4CCC3CNC4)sc2C1. The number of amides is 1. The Bertz CT molecular complexity index is 686. The van der Waals surface area contributed by atoms with Crippen molar-refractivity contribution in [1.29, 1.82) is 0 Å². The molecule has 0 radical (unpaired) electrons. The van der Waals surface area contributed by atoms with E-state index in [4.69, 9.17) is 9.72 Å². The summed E-state index contributed by atoms with van der Waals surface area (Å²) in [4.78, 5) is 23.7. The number of carbonyl (C=O) groups is 1. The number of nitrogens with zero attached hydrogens (tertiary/aromatic N) is 3. The van der Waals surface area contributed by atoms with Gasteiger partial charge in [-0.15, -0.1) is 0 Å². The molecule has 5 rings (SSSR count). The van der Waals surface area contributed by atoms with Gasteiger partial charge >= 0.3 is 0 Å². The molecule has 3 fully saturated rings. The van der Waals surface area contributed by atoms with E-state index in [1.54, 1.807) is 0 Å². The molecule has 148 valence electrons. The second-order valence-electron chi connectivity index (χ2n) is 8.51. The lowest BCUT2D eigenvalue weighted by Crippen LogP contribution is -2.51. The molecule has 1 N–H and O–H groups in total. The highest BCUT2D eigenvalue weighted by molar-refractivity contribution is 7.15. The molecule has 27 heavy (non-hydrogen) atoms. The minimum atomic E-state index is -0.328. The maximum absolute atomic E-state index is 12.9. The molecule has 1 amide bonds. The van der Waals surface area contributed by atoms with Crippen molar-refractivity contribution in [2.45, 2.75) is 82.7 Å². The van der Waals surface area contributed by atoms with E-state index in [1.807, 2.05) is 23.2 Å². The van der Waals surface area contributed by atoms with Crippen LogP contribution in [0.4, 0.5) is 5.13 Å². The van der Waals surface area contributed by atoms with Crippen molar-refractivity contribution < 1.29 is 9.53 Å². The van der Waals surface area contributed by atoms with E-state index in [-0.39, 0.29) is 18.1 Å². The van der Waals surface area contributed by atoms with Crippen LogP contribution in [0, 0.1) is 0 Å². The van der Waals surface area contributed by atoms with Gasteiger partial charge in [0.1, 0.15) is 6.10 Å². The van der Waals surface area contributed by atoms with Gasteiger partial charge in [-0.1, -0.05) is 24.2 Å². The number of carbonyl (C=O) groups excluding carboxylic acids is 1. The van der Waals surface area contributed by atoms with E-state index < -0.39 is 0 Å². The lowest BCUT2D eigenvalue weighted by Gasteiger charge is -2.35. The van der Waals surface area contributed by atoms with Crippen LogP contribution in [0.15, 0.2) is 0 Å². The first-order valence-electron chi connectivity index (χ1n) is 10.6. The Morgan fingerprint density at radius 1 is 1.22 bits per heavy atom. The normalized spacial score (nSPS) is 29.2. The van der Waals surface area contributed by atoms with E-state index in [0.29, 0.717) is 18.6 Å². The largest absolute Gasteiger partial charge is 0.365 e. The van der Waals surface area contributed by atoms with Gasteiger partial charge in [0, 0.05) is 43.0 Å². The van der Waals surface area contributed by atoms with E-state index in [0.717, 1.165) is 38.9 Å². The van der Waals surface area contributed by atoms with Gasteiger partial charge in [0.25, 0.3) is 5.91 Å². The van der Waals surface area contributed by atoms with Gasteiger partial charge in [0.15, 0.2) is 5.13 Å². The van der Waals surface area contributed by atoms with Crippen molar-refractivity contribution in [3.05, 3.63) is 10.6 Å². The summed E-state index contributed by atoms with van der Waals surface area (Å²) in [7, 11) is 0. The van der Waals surface area contributed by atoms with Crippen molar-refractivity contribution in [3.8, 4) is 0 Å². The first kappa shape index (κ1) is 17.9. The number of nitrogens with one attached hydrogen (secondary N) is 1. The van der Waals surface area contributed by atoms with Crippen molar-refractivity contribution in [2.75, 3.05) is 24.5 Å². The van der Waals surface area contributed by atoms with Crippen molar-refractivity contribution in [1.82, 2.24) is 15.2 Å². The van der Waals surface area contributed by atoms with Crippen LogP contribution in [0.25, 0.3) is 0 Å². The molecule has 1 aliphatic carbocycles. The van der Waals surface area contributed by atoms with Gasteiger partial charge in [-0.25, -0.2) is 4.98 Å². The first-order chi connectivity index (χ1) is 13.2. The van der Waals surface area contributed by atoms with Crippen LogP contribution < -0.4 is 10.2 Å². The van der Waals surface area contributed by atoms with Crippen molar-refractivity contribution in [3.63, 3.8) is 0 Å². The average Bonchev–Trinajstić information content (AvgIpc) is 3.38. The molecule has 7 heteroatoms. The highest BCUT2D eigenvalue weighted by atomic mass is 32.1. The number of thiazole rings is 1. The highest BCUT2D eigenvalue weighted by Gasteiger charge is 2.39. The summed E-state index contributed by atoms with van der Waals surface area (Å²) in [6, 6.07) is 1.18. The van der Waals surface area contributed by atoms with E-state index in [9.17, 15) is 4.79 Å². The van der Waals surface area contributed by atoms with Crippen molar-refractivity contribution >= 4 is 22.4 Å². The third-order valence-corrected chi connectivity index (χ3v) is 7.77. The minimum absolute atomic E-state index is 0.143. The van der Waals surface area contributed by atoms with Crippen LogP contribution in [0.1, 0.15) is 56.0 Å². The van der Waals surface area contributed by atoms with Gasteiger partial charge in [-0.2, -0.15) is 0 Å². The highest BCUT2D eigenvalue weighted by Crippen LogP contribution is 2.38. The number of piperazine rings is 1. The lowest BCUT2D eigenvalue weighted by molar-refractivity contribution is -0.147. The fourth-order valence-corrected chi connectivity index (χ4v) is 6.47. The maximum Gasteiger partial charge on any atom is 0.251 e. The molecule has 3 aliphatic heterocycles. The van der Waals surface area contributed by atoms with Gasteiger partial charge in [0.2, 0.25) is 0 Å². The Balaban J connectivity index is 1.26. The summed E-state index contributed by atoms with van der Waals surface area (Å²) in [6.07, 6.45) is 8.03. The Labute approximate surface area is 165 Å². The molecule has 4 aliphatic rings.